The highest BCUT2D eigenvalue weighted by atomic mass is 79.9. The number of halogens is 2. The van der Waals surface area contributed by atoms with E-state index >= 15 is 0 Å². The Bertz CT molecular complexity index is 911. The molecule has 0 spiro atoms. The molecule has 0 saturated carbocycles. The number of nitrogens with one attached hydrogen (secondary N) is 1. The zero-order chi connectivity index (χ0) is 21.7. The monoisotopic (exact) mass is 537 g/mol. The van der Waals surface area contributed by atoms with Crippen molar-refractivity contribution in [3.8, 4) is 5.75 Å². The number of hydrogen-bond donors (Lipinski definition) is 1. The lowest BCUT2D eigenvalue weighted by Gasteiger charge is -2.36. The first kappa shape index (κ1) is 22.6. The number of carbonyl (C=O) groups excluding carboxylic acids is 2. The number of rotatable bonds is 6. The number of hydrogen-bond acceptors (Lipinski definition) is 4. The minimum atomic E-state index is -0.246. The van der Waals surface area contributed by atoms with Crippen molar-refractivity contribution in [1.82, 2.24) is 4.90 Å². The molecule has 1 N–H and O–H groups in total. The number of benzene rings is 2. The molecule has 160 valence electrons. The molecule has 30 heavy (non-hydrogen) atoms. The molecule has 0 atom stereocenters. The van der Waals surface area contributed by atoms with Gasteiger partial charge >= 0.3 is 0 Å². The third-order valence-corrected chi connectivity index (χ3v) is 6.09. The predicted molar refractivity (Wildman–Crippen MR) is 126 cm³/mol. The van der Waals surface area contributed by atoms with Crippen LogP contribution in [0.1, 0.15) is 30.1 Å². The van der Waals surface area contributed by atoms with Crippen molar-refractivity contribution in [3.05, 3.63) is 50.9 Å². The summed E-state index contributed by atoms with van der Waals surface area (Å²) in [5.74, 6) is 0.484. The number of amides is 2. The second-order valence-electron chi connectivity index (χ2n) is 7.09. The first-order chi connectivity index (χ1) is 14.4. The van der Waals surface area contributed by atoms with Gasteiger partial charge < -0.3 is 19.9 Å². The molecule has 0 aromatic heterocycles. The van der Waals surface area contributed by atoms with Crippen molar-refractivity contribution >= 4 is 55.0 Å². The van der Waals surface area contributed by atoms with Crippen molar-refractivity contribution in [1.29, 1.82) is 0 Å². The molecule has 0 unspecified atom stereocenters. The second-order valence-corrected chi connectivity index (χ2v) is 8.86. The van der Waals surface area contributed by atoms with Crippen molar-refractivity contribution in [2.75, 3.05) is 43.5 Å². The summed E-state index contributed by atoms with van der Waals surface area (Å²) in [7, 11) is 1.54. The summed E-state index contributed by atoms with van der Waals surface area (Å²) < 4.78 is 6.86. The van der Waals surface area contributed by atoms with E-state index < -0.39 is 0 Å². The molecule has 1 aliphatic rings. The van der Waals surface area contributed by atoms with Crippen molar-refractivity contribution < 1.29 is 14.3 Å². The number of piperazine rings is 1. The van der Waals surface area contributed by atoms with Gasteiger partial charge in [-0.15, -0.1) is 0 Å². The Morgan fingerprint density at radius 1 is 1.07 bits per heavy atom. The molecule has 0 bridgehead atoms. The van der Waals surface area contributed by atoms with Crippen LogP contribution in [-0.2, 0) is 4.79 Å². The highest BCUT2D eigenvalue weighted by molar-refractivity contribution is 9.11. The van der Waals surface area contributed by atoms with Gasteiger partial charge in [0.2, 0.25) is 5.91 Å². The van der Waals surface area contributed by atoms with Crippen LogP contribution in [0.3, 0.4) is 0 Å². The number of anilines is 2. The van der Waals surface area contributed by atoms with Gasteiger partial charge in [-0.25, -0.2) is 0 Å². The van der Waals surface area contributed by atoms with Crippen LogP contribution in [0.25, 0.3) is 0 Å². The normalized spacial score (nSPS) is 13.9. The van der Waals surface area contributed by atoms with E-state index in [1.807, 2.05) is 42.2 Å². The van der Waals surface area contributed by atoms with Crippen LogP contribution in [0.4, 0.5) is 11.4 Å². The number of ether oxygens (including phenoxy) is 1. The Morgan fingerprint density at radius 2 is 1.73 bits per heavy atom. The quantitative estimate of drug-likeness (QED) is 0.567. The number of carbonyl (C=O) groups is 2. The summed E-state index contributed by atoms with van der Waals surface area (Å²) in [4.78, 5) is 29.0. The third kappa shape index (κ3) is 5.35. The highest BCUT2D eigenvalue weighted by Crippen LogP contribution is 2.33. The molecule has 0 aliphatic carbocycles. The standard InChI is InChI=1S/C22H25Br2N3O3/c1-3-4-20(28)27-11-9-26(10-12-27)17-7-5-16(6-8-17)25-22(29)18-13-15(23)14-19(24)21(18)30-2/h5-8,13-14H,3-4,9-12H2,1-2H3,(H,25,29). The molecule has 0 radical (unpaired) electrons. The van der Waals surface area contributed by atoms with Crippen LogP contribution in [0, 0.1) is 0 Å². The molecule has 1 saturated heterocycles. The highest BCUT2D eigenvalue weighted by Gasteiger charge is 2.21. The maximum Gasteiger partial charge on any atom is 0.259 e. The summed E-state index contributed by atoms with van der Waals surface area (Å²) in [5, 5.41) is 2.92. The van der Waals surface area contributed by atoms with Gasteiger partial charge in [0.05, 0.1) is 17.1 Å². The van der Waals surface area contributed by atoms with Crippen LogP contribution in [0.5, 0.6) is 5.75 Å². The van der Waals surface area contributed by atoms with E-state index in [9.17, 15) is 9.59 Å². The summed E-state index contributed by atoms with van der Waals surface area (Å²) in [6, 6.07) is 11.3. The maximum absolute atomic E-state index is 12.8. The lowest BCUT2D eigenvalue weighted by Crippen LogP contribution is -2.48. The van der Waals surface area contributed by atoms with Gasteiger partial charge in [0.1, 0.15) is 5.75 Å². The summed E-state index contributed by atoms with van der Waals surface area (Å²) in [6.45, 7) is 5.14. The Labute approximate surface area is 193 Å². The largest absolute Gasteiger partial charge is 0.495 e. The molecule has 2 aromatic carbocycles. The molecule has 1 heterocycles. The van der Waals surface area contributed by atoms with Crippen molar-refractivity contribution in [2.24, 2.45) is 0 Å². The lowest BCUT2D eigenvalue weighted by molar-refractivity contribution is -0.131. The van der Waals surface area contributed by atoms with Gasteiger partial charge in [-0.2, -0.15) is 0 Å². The van der Waals surface area contributed by atoms with Gasteiger partial charge in [-0.05, 0) is 58.7 Å². The summed E-state index contributed by atoms with van der Waals surface area (Å²) >= 11 is 6.83. The fourth-order valence-electron chi connectivity index (χ4n) is 3.48. The van der Waals surface area contributed by atoms with E-state index in [1.165, 1.54) is 7.11 Å². The van der Waals surface area contributed by atoms with E-state index in [4.69, 9.17) is 4.74 Å². The molecule has 8 heteroatoms. The topological polar surface area (TPSA) is 61.9 Å². The van der Waals surface area contributed by atoms with Crippen LogP contribution in [0.2, 0.25) is 0 Å². The Balaban J connectivity index is 1.63. The number of nitrogens with zero attached hydrogens (tertiary/aromatic N) is 2. The predicted octanol–water partition coefficient (Wildman–Crippen LogP) is 4.92. The minimum absolute atomic E-state index is 0.241. The molecular weight excluding hydrogens is 514 g/mol. The first-order valence-corrected chi connectivity index (χ1v) is 11.5. The van der Waals surface area contributed by atoms with Gasteiger partial charge in [-0.1, -0.05) is 22.9 Å². The third-order valence-electron chi connectivity index (χ3n) is 5.04. The van der Waals surface area contributed by atoms with E-state index in [0.717, 1.165) is 42.8 Å². The van der Waals surface area contributed by atoms with Gasteiger partial charge in [0.15, 0.2) is 0 Å². The Hall–Kier alpha value is -2.06. The average molecular weight is 539 g/mol. The summed E-state index contributed by atoms with van der Waals surface area (Å²) in [6.07, 6.45) is 1.50. The first-order valence-electron chi connectivity index (χ1n) is 9.90. The van der Waals surface area contributed by atoms with Crippen LogP contribution < -0.4 is 15.0 Å². The van der Waals surface area contributed by atoms with E-state index in [1.54, 1.807) is 6.07 Å². The SMILES string of the molecule is CCCC(=O)N1CCN(c2ccc(NC(=O)c3cc(Br)cc(Br)c3OC)cc2)CC1. The molecule has 1 fully saturated rings. The molecule has 2 aromatic rings. The lowest BCUT2D eigenvalue weighted by atomic mass is 10.1. The average Bonchev–Trinajstić information content (AvgIpc) is 2.74. The van der Waals surface area contributed by atoms with Gasteiger partial charge in [0, 0.05) is 48.4 Å². The van der Waals surface area contributed by atoms with Crippen LogP contribution in [0.15, 0.2) is 45.3 Å². The fourth-order valence-corrected chi connectivity index (χ4v) is 4.86. The zero-order valence-electron chi connectivity index (χ0n) is 17.1. The van der Waals surface area contributed by atoms with Gasteiger partial charge in [-0.3, -0.25) is 9.59 Å². The zero-order valence-corrected chi connectivity index (χ0v) is 20.3. The molecular formula is C22H25Br2N3O3. The maximum atomic E-state index is 12.8. The Kier molecular flexibility index (Phi) is 7.77. The molecule has 3 rings (SSSR count). The van der Waals surface area contributed by atoms with E-state index in [0.29, 0.717) is 27.9 Å². The van der Waals surface area contributed by atoms with E-state index in [2.05, 4.69) is 42.1 Å². The Morgan fingerprint density at radius 3 is 2.33 bits per heavy atom. The number of methoxy groups -OCH3 is 1. The van der Waals surface area contributed by atoms with Gasteiger partial charge in [0.25, 0.3) is 5.91 Å². The fraction of sp³-hybridized carbons (Fsp3) is 0.364. The minimum Gasteiger partial charge on any atom is -0.495 e. The molecule has 6 nitrogen and oxygen atoms in total. The van der Waals surface area contributed by atoms with Crippen LogP contribution in [-0.4, -0.2) is 50.0 Å². The molecule has 2 amide bonds. The molecule has 1 aliphatic heterocycles. The van der Waals surface area contributed by atoms with Crippen LogP contribution >= 0.6 is 31.9 Å². The van der Waals surface area contributed by atoms with Crippen molar-refractivity contribution in [2.45, 2.75) is 19.8 Å². The van der Waals surface area contributed by atoms with Crippen molar-refractivity contribution in [3.63, 3.8) is 0 Å². The second kappa shape index (κ2) is 10.3. The summed E-state index contributed by atoms with van der Waals surface area (Å²) in [5.41, 5.74) is 2.23. The smallest absolute Gasteiger partial charge is 0.259 e. The van der Waals surface area contributed by atoms with E-state index in [-0.39, 0.29) is 11.8 Å².